The first kappa shape index (κ1) is 14.2. The van der Waals surface area contributed by atoms with E-state index < -0.39 is 10.0 Å². The van der Waals surface area contributed by atoms with Crippen molar-refractivity contribution in [2.45, 2.75) is 25.7 Å². The summed E-state index contributed by atoms with van der Waals surface area (Å²) in [6, 6.07) is 0. The molecule has 1 aliphatic carbocycles. The second-order valence-electron chi connectivity index (χ2n) is 4.88. The van der Waals surface area contributed by atoms with Gasteiger partial charge in [-0.25, -0.2) is 13.1 Å². The van der Waals surface area contributed by atoms with Gasteiger partial charge in [0.05, 0.1) is 5.75 Å². The Morgan fingerprint density at radius 2 is 2.00 bits per heavy atom. The molecule has 1 heterocycles. The highest BCUT2D eigenvalue weighted by atomic mass is 35.5. The summed E-state index contributed by atoms with van der Waals surface area (Å²) in [5.74, 6) is 0.591. The summed E-state index contributed by atoms with van der Waals surface area (Å²) in [7, 11) is -1.56. The molecule has 0 aromatic heterocycles. The van der Waals surface area contributed by atoms with Crippen LogP contribution in [0.4, 0.5) is 0 Å². The zero-order chi connectivity index (χ0) is 10.9. The molecule has 1 atom stereocenters. The van der Waals surface area contributed by atoms with Gasteiger partial charge in [0.25, 0.3) is 0 Å². The molecule has 4 nitrogen and oxygen atoms in total. The van der Waals surface area contributed by atoms with Crippen molar-refractivity contribution >= 4 is 22.4 Å². The molecule has 0 aromatic rings. The molecule has 2 fully saturated rings. The average Bonchev–Trinajstić information content (AvgIpc) is 2.79. The molecule has 0 aromatic carbocycles. The number of hydrogen-bond acceptors (Lipinski definition) is 3. The zero-order valence-electron chi connectivity index (χ0n) is 9.66. The molecule has 1 spiro atoms. The quantitative estimate of drug-likeness (QED) is 0.794. The molecule has 1 unspecified atom stereocenters. The van der Waals surface area contributed by atoms with Crippen molar-refractivity contribution in [2.75, 3.05) is 25.9 Å². The Balaban J connectivity index is 0.00000128. The molecule has 96 valence electrons. The van der Waals surface area contributed by atoms with Crippen LogP contribution < -0.4 is 10.0 Å². The van der Waals surface area contributed by atoms with Gasteiger partial charge in [0.1, 0.15) is 0 Å². The second-order valence-corrected chi connectivity index (χ2v) is 6.85. The van der Waals surface area contributed by atoms with Gasteiger partial charge in [-0.05, 0) is 37.8 Å². The van der Waals surface area contributed by atoms with Crippen LogP contribution >= 0.6 is 12.4 Å². The van der Waals surface area contributed by atoms with Crippen LogP contribution in [0.2, 0.25) is 0 Å². The van der Waals surface area contributed by atoms with Crippen LogP contribution in [0.5, 0.6) is 0 Å². The van der Waals surface area contributed by atoms with Gasteiger partial charge in [-0.3, -0.25) is 0 Å². The normalized spacial score (nSPS) is 28.2. The third kappa shape index (κ3) is 2.70. The largest absolute Gasteiger partial charge is 0.316 e. The average molecular weight is 269 g/mol. The number of nitrogens with one attached hydrogen (secondary N) is 2. The highest BCUT2D eigenvalue weighted by molar-refractivity contribution is 7.89. The molecule has 2 N–H and O–H groups in total. The minimum absolute atomic E-state index is 0. The Hall–Kier alpha value is 0.160. The van der Waals surface area contributed by atoms with Gasteiger partial charge in [-0.1, -0.05) is 12.8 Å². The third-order valence-electron chi connectivity index (χ3n) is 4.06. The van der Waals surface area contributed by atoms with Crippen LogP contribution in [0.3, 0.4) is 0 Å². The van der Waals surface area contributed by atoms with E-state index in [0.717, 1.165) is 13.1 Å². The summed E-state index contributed by atoms with van der Waals surface area (Å²) < 4.78 is 25.5. The van der Waals surface area contributed by atoms with E-state index in [1.54, 1.807) is 0 Å². The maximum atomic E-state index is 11.6. The third-order valence-corrected chi connectivity index (χ3v) is 5.53. The minimum atomic E-state index is -3.06. The van der Waals surface area contributed by atoms with Crippen LogP contribution in [-0.4, -0.2) is 34.3 Å². The molecule has 1 saturated heterocycles. The van der Waals surface area contributed by atoms with Gasteiger partial charge in [-0.15, -0.1) is 12.4 Å². The molecular formula is C10H21ClN2O2S. The standard InChI is InChI=1S/C10H20N2O2S.ClH/c1-11-15(13,14)7-9-6-12-8-10(9)4-2-3-5-10;/h9,11-12H,2-8H2,1H3;1H. The van der Waals surface area contributed by atoms with E-state index in [1.807, 2.05) is 0 Å². The SMILES string of the molecule is CNS(=O)(=O)CC1CNCC12CCCC2.Cl. The number of rotatable bonds is 3. The number of hydrogen-bond donors (Lipinski definition) is 2. The highest BCUT2D eigenvalue weighted by Crippen LogP contribution is 2.46. The molecule has 1 aliphatic heterocycles. The van der Waals surface area contributed by atoms with E-state index in [1.165, 1.54) is 32.7 Å². The predicted octanol–water partition coefficient (Wildman–Crippen LogP) is 0.737. The van der Waals surface area contributed by atoms with Gasteiger partial charge >= 0.3 is 0 Å². The minimum Gasteiger partial charge on any atom is -0.316 e. The van der Waals surface area contributed by atoms with Crippen LogP contribution in [0.1, 0.15) is 25.7 Å². The van der Waals surface area contributed by atoms with Gasteiger partial charge in [0.15, 0.2) is 0 Å². The summed E-state index contributed by atoms with van der Waals surface area (Å²) in [6.45, 7) is 1.87. The maximum absolute atomic E-state index is 11.6. The monoisotopic (exact) mass is 268 g/mol. The summed E-state index contributed by atoms with van der Waals surface area (Å²) in [5, 5.41) is 3.36. The molecule has 0 bridgehead atoms. The van der Waals surface area contributed by atoms with E-state index in [4.69, 9.17) is 0 Å². The van der Waals surface area contributed by atoms with Crippen LogP contribution in [0.15, 0.2) is 0 Å². The van der Waals surface area contributed by atoms with E-state index in [0.29, 0.717) is 5.92 Å². The van der Waals surface area contributed by atoms with Crippen LogP contribution in [0.25, 0.3) is 0 Å². The van der Waals surface area contributed by atoms with E-state index in [-0.39, 0.29) is 23.6 Å². The molecule has 16 heavy (non-hydrogen) atoms. The first-order chi connectivity index (χ1) is 7.08. The summed E-state index contributed by atoms with van der Waals surface area (Å²) in [5.41, 5.74) is 0.282. The topological polar surface area (TPSA) is 58.2 Å². The Morgan fingerprint density at radius 1 is 1.38 bits per heavy atom. The fourth-order valence-corrected chi connectivity index (χ4v) is 4.27. The van der Waals surface area contributed by atoms with E-state index >= 15 is 0 Å². The lowest BCUT2D eigenvalue weighted by Gasteiger charge is -2.29. The Kier molecular flexibility index (Phi) is 4.63. The lowest BCUT2D eigenvalue weighted by atomic mass is 9.77. The van der Waals surface area contributed by atoms with Gasteiger partial charge in [0.2, 0.25) is 10.0 Å². The van der Waals surface area contributed by atoms with Crippen molar-refractivity contribution in [3.8, 4) is 0 Å². The van der Waals surface area contributed by atoms with Gasteiger partial charge in [0, 0.05) is 6.54 Å². The van der Waals surface area contributed by atoms with E-state index in [2.05, 4.69) is 10.0 Å². The van der Waals surface area contributed by atoms with Crippen LogP contribution in [-0.2, 0) is 10.0 Å². The van der Waals surface area contributed by atoms with E-state index in [9.17, 15) is 8.42 Å². The van der Waals surface area contributed by atoms with Crippen molar-refractivity contribution in [1.82, 2.24) is 10.0 Å². The van der Waals surface area contributed by atoms with Gasteiger partial charge < -0.3 is 5.32 Å². The van der Waals surface area contributed by atoms with Crippen molar-refractivity contribution in [3.63, 3.8) is 0 Å². The fourth-order valence-electron chi connectivity index (χ4n) is 3.10. The Bertz CT molecular complexity index is 320. The van der Waals surface area contributed by atoms with Gasteiger partial charge in [-0.2, -0.15) is 0 Å². The van der Waals surface area contributed by atoms with Crippen molar-refractivity contribution in [2.24, 2.45) is 11.3 Å². The zero-order valence-corrected chi connectivity index (χ0v) is 11.3. The number of halogens is 1. The smallest absolute Gasteiger partial charge is 0.211 e. The molecule has 2 rings (SSSR count). The fraction of sp³-hybridized carbons (Fsp3) is 1.00. The second kappa shape index (κ2) is 5.21. The van der Waals surface area contributed by atoms with Crippen LogP contribution in [0, 0.1) is 11.3 Å². The molecule has 2 aliphatic rings. The molecule has 6 heteroatoms. The lowest BCUT2D eigenvalue weighted by molar-refractivity contribution is 0.252. The summed E-state index contributed by atoms with van der Waals surface area (Å²) in [4.78, 5) is 0. The first-order valence-corrected chi connectivity index (χ1v) is 7.35. The Labute approximate surface area is 104 Å². The lowest BCUT2D eigenvalue weighted by Crippen LogP contribution is -2.35. The van der Waals surface area contributed by atoms with Crippen molar-refractivity contribution in [1.29, 1.82) is 0 Å². The number of sulfonamides is 1. The molecule has 1 saturated carbocycles. The Morgan fingerprint density at radius 3 is 2.56 bits per heavy atom. The predicted molar refractivity (Wildman–Crippen MR) is 67.4 cm³/mol. The van der Waals surface area contributed by atoms with Crippen molar-refractivity contribution < 1.29 is 8.42 Å². The summed E-state index contributed by atoms with van der Waals surface area (Å²) >= 11 is 0. The highest BCUT2D eigenvalue weighted by Gasteiger charge is 2.45. The summed E-state index contributed by atoms with van der Waals surface area (Å²) in [6.07, 6.45) is 4.92. The maximum Gasteiger partial charge on any atom is 0.211 e. The molecule has 0 radical (unpaired) electrons. The van der Waals surface area contributed by atoms with Crippen molar-refractivity contribution in [3.05, 3.63) is 0 Å². The first-order valence-electron chi connectivity index (χ1n) is 5.70. The molecular weight excluding hydrogens is 248 g/mol. The molecule has 0 amide bonds.